The van der Waals surface area contributed by atoms with Crippen molar-refractivity contribution in [2.45, 2.75) is 18.4 Å². The van der Waals surface area contributed by atoms with Gasteiger partial charge in [0.05, 0.1) is 28.4 Å². The first-order valence-corrected chi connectivity index (χ1v) is 7.77. The van der Waals surface area contributed by atoms with Crippen LogP contribution in [0.25, 0.3) is 0 Å². The molecule has 0 amide bonds. The summed E-state index contributed by atoms with van der Waals surface area (Å²) in [5, 5.41) is 11.4. The van der Waals surface area contributed by atoms with E-state index in [9.17, 15) is 5.11 Å². The van der Waals surface area contributed by atoms with Crippen molar-refractivity contribution in [2.75, 3.05) is 28.4 Å². The normalized spacial score (nSPS) is 18.9. The molecule has 0 spiro atoms. The molecule has 2 aromatic carbocycles. The third kappa shape index (κ3) is 2.45. The average molecular weight is 330 g/mol. The Labute approximate surface area is 141 Å². The summed E-state index contributed by atoms with van der Waals surface area (Å²) in [6, 6.07) is 9.38. The second-order valence-electron chi connectivity index (χ2n) is 5.80. The Bertz CT molecular complexity index is 730. The molecule has 0 heterocycles. The van der Waals surface area contributed by atoms with Gasteiger partial charge < -0.3 is 24.1 Å². The first-order valence-electron chi connectivity index (χ1n) is 7.77. The summed E-state index contributed by atoms with van der Waals surface area (Å²) in [7, 11) is 6.34. The molecule has 3 rings (SSSR count). The van der Waals surface area contributed by atoms with Crippen LogP contribution in [0.4, 0.5) is 0 Å². The lowest BCUT2D eigenvalue weighted by Crippen LogP contribution is -2.24. The maximum absolute atomic E-state index is 11.4. The molecule has 24 heavy (non-hydrogen) atoms. The average Bonchev–Trinajstić information content (AvgIpc) is 2.97. The lowest BCUT2D eigenvalue weighted by molar-refractivity contribution is 0.0822. The topological polar surface area (TPSA) is 57.2 Å². The Morgan fingerprint density at radius 2 is 1.54 bits per heavy atom. The summed E-state index contributed by atoms with van der Waals surface area (Å²) in [4.78, 5) is 0. The Morgan fingerprint density at radius 3 is 2.08 bits per heavy atom. The molecule has 0 aliphatic heterocycles. The van der Waals surface area contributed by atoms with Crippen molar-refractivity contribution >= 4 is 0 Å². The summed E-state index contributed by atoms with van der Waals surface area (Å²) in [5.41, 5.74) is 1.61. The summed E-state index contributed by atoms with van der Waals surface area (Å²) in [6.45, 7) is 0. The van der Waals surface area contributed by atoms with Gasteiger partial charge in [0.15, 0.2) is 11.5 Å². The fourth-order valence-electron chi connectivity index (χ4n) is 3.38. The maximum Gasteiger partial charge on any atom is 0.203 e. The lowest BCUT2D eigenvalue weighted by Gasteiger charge is -2.26. The minimum atomic E-state index is -1.09. The first-order chi connectivity index (χ1) is 11.6. The molecule has 1 unspecified atom stereocenters. The second-order valence-corrected chi connectivity index (χ2v) is 5.80. The minimum Gasteiger partial charge on any atom is -0.497 e. The van der Waals surface area contributed by atoms with Crippen LogP contribution in [0.1, 0.15) is 23.1 Å². The number of hydrogen-bond donors (Lipinski definition) is 1. The van der Waals surface area contributed by atoms with Gasteiger partial charge in [-0.2, -0.15) is 0 Å². The Kier molecular flexibility index (Phi) is 4.28. The van der Waals surface area contributed by atoms with Crippen LogP contribution in [0.2, 0.25) is 0 Å². The van der Waals surface area contributed by atoms with Crippen molar-refractivity contribution in [3.8, 4) is 23.0 Å². The Balaban J connectivity index is 2.13. The van der Waals surface area contributed by atoms with Crippen LogP contribution >= 0.6 is 0 Å². The highest BCUT2D eigenvalue weighted by Crippen LogP contribution is 2.47. The molecular formula is C19H22O5. The standard InChI is InChI=1S/C19H22O5/c1-21-14-5-6-15-12(9-14)7-8-19(15,20)13-10-16(22-2)18(24-4)17(11-13)23-3/h5-6,9-11,20H,7-8H2,1-4H3. The maximum atomic E-state index is 11.4. The number of aryl methyl sites for hydroxylation is 1. The smallest absolute Gasteiger partial charge is 0.203 e. The third-order valence-corrected chi connectivity index (χ3v) is 4.66. The summed E-state index contributed by atoms with van der Waals surface area (Å²) in [6.07, 6.45) is 1.37. The van der Waals surface area contributed by atoms with Crippen LogP contribution in [0, 0.1) is 0 Å². The number of aliphatic hydroxyl groups is 1. The second kappa shape index (κ2) is 6.24. The molecule has 5 nitrogen and oxygen atoms in total. The predicted octanol–water partition coefficient (Wildman–Crippen LogP) is 2.90. The molecule has 128 valence electrons. The van der Waals surface area contributed by atoms with Crippen LogP contribution in [0.3, 0.4) is 0 Å². The van der Waals surface area contributed by atoms with E-state index in [4.69, 9.17) is 18.9 Å². The highest BCUT2D eigenvalue weighted by atomic mass is 16.5. The van der Waals surface area contributed by atoms with E-state index < -0.39 is 5.60 Å². The zero-order valence-electron chi connectivity index (χ0n) is 14.4. The van der Waals surface area contributed by atoms with E-state index >= 15 is 0 Å². The summed E-state index contributed by atoms with van der Waals surface area (Å²) >= 11 is 0. The molecule has 0 aromatic heterocycles. The largest absolute Gasteiger partial charge is 0.497 e. The number of benzene rings is 2. The van der Waals surface area contributed by atoms with Crippen molar-refractivity contribution < 1.29 is 24.1 Å². The Hall–Kier alpha value is -2.40. The van der Waals surface area contributed by atoms with E-state index in [1.54, 1.807) is 40.6 Å². The van der Waals surface area contributed by atoms with Crippen molar-refractivity contribution in [3.63, 3.8) is 0 Å². The van der Waals surface area contributed by atoms with Gasteiger partial charge in [0.2, 0.25) is 5.75 Å². The third-order valence-electron chi connectivity index (χ3n) is 4.66. The molecule has 0 saturated carbocycles. The zero-order chi connectivity index (χ0) is 17.3. The van der Waals surface area contributed by atoms with E-state index in [1.807, 2.05) is 18.2 Å². The van der Waals surface area contributed by atoms with E-state index in [0.717, 1.165) is 28.9 Å². The summed E-state index contributed by atoms with van der Waals surface area (Å²) in [5.74, 6) is 2.37. The van der Waals surface area contributed by atoms with E-state index in [2.05, 4.69) is 0 Å². The SMILES string of the molecule is COc1ccc2c(c1)CCC2(O)c1cc(OC)c(OC)c(OC)c1. The zero-order valence-corrected chi connectivity index (χ0v) is 14.4. The molecular weight excluding hydrogens is 308 g/mol. The van der Waals surface area contributed by atoms with Crippen LogP contribution in [-0.2, 0) is 12.0 Å². The van der Waals surface area contributed by atoms with Gasteiger partial charge in [-0.1, -0.05) is 6.07 Å². The summed E-state index contributed by atoms with van der Waals surface area (Å²) < 4.78 is 21.5. The first kappa shape index (κ1) is 16.5. The van der Waals surface area contributed by atoms with Gasteiger partial charge in [-0.25, -0.2) is 0 Å². The van der Waals surface area contributed by atoms with Crippen molar-refractivity contribution in [3.05, 3.63) is 47.0 Å². The molecule has 0 bridgehead atoms. The van der Waals surface area contributed by atoms with Crippen molar-refractivity contribution in [1.29, 1.82) is 0 Å². The quantitative estimate of drug-likeness (QED) is 0.913. The number of methoxy groups -OCH3 is 4. The van der Waals surface area contributed by atoms with E-state index in [0.29, 0.717) is 23.7 Å². The highest BCUT2D eigenvalue weighted by Gasteiger charge is 2.39. The van der Waals surface area contributed by atoms with Gasteiger partial charge in [0, 0.05) is 0 Å². The van der Waals surface area contributed by atoms with Gasteiger partial charge >= 0.3 is 0 Å². The van der Waals surface area contributed by atoms with Crippen LogP contribution in [-0.4, -0.2) is 33.5 Å². The van der Waals surface area contributed by atoms with Gasteiger partial charge in [-0.15, -0.1) is 0 Å². The molecule has 5 heteroatoms. The number of fused-ring (bicyclic) bond motifs is 1. The van der Waals surface area contributed by atoms with Gasteiger partial charge in [-0.05, 0) is 53.8 Å². The van der Waals surface area contributed by atoms with E-state index in [-0.39, 0.29) is 0 Å². The highest BCUT2D eigenvalue weighted by molar-refractivity contribution is 5.58. The van der Waals surface area contributed by atoms with Gasteiger partial charge in [0.1, 0.15) is 11.4 Å². The van der Waals surface area contributed by atoms with Crippen LogP contribution in [0.15, 0.2) is 30.3 Å². The van der Waals surface area contributed by atoms with Gasteiger partial charge in [0.25, 0.3) is 0 Å². The van der Waals surface area contributed by atoms with Crippen LogP contribution in [0.5, 0.6) is 23.0 Å². The van der Waals surface area contributed by atoms with Crippen molar-refractivity contribution in [2.24, 2.45) is 0 Å². The fourth-order valence-corrected chi connectivity index (χ4v) is 3.38. The number of hydrogen-bond acceptors (Lipinski definition) is 5. The van der Waals surface area contributed by atoms with E-state index in [1.165, 1.54) is 0 Å². The molecule has 0 saturated heterocycles. The van der Waals surface area contributed by atoms with Gasteiger partial charge in [-0.3, -0.25) is 0 Å². The van der Waals surface area contributed by atoms with Crippen LogP contribution < -0.4 is 18.9 Å². The number of rotatable bonds is 5. The lowest BCUT2D eigenvalue weighted by atomic mass is 9.87. The molecule has 0 radical (unpaired) electrons. The molecule has 1 atom stereocenters. The molecule has 2 aromatic rings. The minimum absolute atomic E-state index is 0.514. The molecule has 0 fully saturated rings. The monoisotopic (exact) mass is 330 g/mol. The number of ether oxygens (including phenoxy) is 4. The fraction of sp³-hybridized carbons (Fsp3) is 0.368. The molecule has 1 aliphatic rings. The molecule has 1 N–H and O–H groups in total. The predicted molar refractivity (Wildman–Crippen MR) is 90.4 cm³/mol. The Morgan fingerprint density at radius 1 is 0.875 bits per heavy atom. The molecule has 1 aliphatic carbocycles. The van der Waals surface area contributed by atoms with Crippen molar-refractivity contribution in [1.82, 2.24) is 0 Å².